The van der Waals surface area contributed by atoms with E-state index in [1.807, 2.05) is 31.3 Å². The average Bonchev–Trinajstić information content (AvgIpc) is 2.41. The molecule has 1 N–H and O–H groups in total. The van der Waals surface area contributed by atoms with Crippen molar-refractivity contribution in [3.8, 4) is 0 Å². The van der Waals surface area contributed by atoms with Gasteiger partial charge in [0.1, 0.15) is 0 Å². The number of halogens is 2. The first-order valence-electron chi connectivity index (χ1n) is 6.34. The van der Waals surface area contributed by atoms with Crippen LogP contribution in [0.3, 0.4) is 0 Å². The van der Waals surface area contributed by atoms with Gasteiger partial charge in [0.25, 0.3) is 0 Å². The number of likely N-dealkylation sites (N-methyl/N-ethyl adjacent to an activating group) is 1. The van der Waals surface area contributed by atoms with Crippen LogP contribution < -0.4 is 5.32 Å². The number of benzene rings is 2. The first-order valence-corrected chi connectivity index (χ1v) is 7.52. The van der Waals surface area contributed by atoms with Crippen LogP contribution in [0.4, 0.5) is 0 Å². The summed E-state index contributed by atoms with van der Waals surface area (Å²) in [6.07, 6.45) is 0.934. The van der Waals surface area contributed by atoms with Gasteiger partial charge in [0.05, 0.1) is 0 Å². The third-order valence-electron chi connectivity index (χ3n) is 3.22. The van der Waals surface area contributed by atoms with E-state index in [4.69, 9.17) is 11.6 Å². The van der Waals surface area contributed by atoms with Crippen molar-refractivity contribution in [2.45, 2.75) is 12.3 Å². The molecule has 2 rings (SSSR count). The van der Waals surface area contributed by atoms with Gasteiger partial charge in [0.2, 0.25) is 0 Å². The number of hydrogen-bond donors (Lipinski definition) is 1. The minimum atomic E-state index is 0.403. The SMILES string of the molecule is CNCC(Cc1ccccc1Cl)c1ccccc1Br. The molecule has 0 aromatic heterocycles. The zero-order valence-corrected chi connectivity index (χ0v) is 13.2. The maximum absolute atomic E-state index is 6.26. The molecule has 0 saturated carbocycles. The van der Waals surface area contributed by atoms with E-state index in [9.17, 15) is 0 Å². The zero-order chi connectivity index (χ0) is 13.7. The maximum Gasteiger partial charge on any atom is 0.0438 e. The molecule has 0 amide bonds. The standard InChI is InChI=1S/C16H17BrClN/c1-19-11-13(14-7-3-4-8-15(14)17)10-12-6-2-5-9-16(12)18/h2-9,13,19H,10-11H2,1H3. The fourth-order valence-corrected chi connectivity index (χ4v) is 3.10. The van der Waals surface area contributed by atoms with Crippen LogP contribution in [-0.2, 0) is 6.42 Å². The molecule has 0 fully saturated rings. The van der Waals surface area contributed by atoms with Gasteiger partial charge in [-0.25, -0.2) is 0 Å². The van der Waals surface area contributed by atoms with Crippen molar-refractivity contribution < 1.29 is 0 Å². The summed E-state index contributed by atoms with van der Waals surface area (Å²) >= 11 is 9.90. The Morgan fingerprint density at radius 1 is 1.11 bits per heavy atom. The van der Waals surface area contributed by atoms with Crippen LogP contribution in [0.5, 0.6) is 0 Å². The second-order valence-electron chi connectivity index (χ2n) is 4.57. The summed E-state index contributed by atoms with van der Waals surface area (Å²) in [5.74, 6) is 0.403. The number of nitrogens with one attached hydrogen (secondary N) is 1. The van der Waals surface area contributed by atoms with Crippen molar-refractivity contribution in [1.29, 1.82) is 0 Å². The zero-order valence-electron chi connectivity index (χ0n) is 10.9. The number of rotatable bonds is 5. The Bertz CT molecular complexity index is 542. The summed E-state index contributed by atoms with van der Waals surface area (Å²) in [6, 6.07) is 16.4. The molecule has 2 aromatic carbocycles. The molecular formula is C16H17BrClN. The fraction of sp³-hybridized carbons (Fsp3) is 0.250. The molecule has 0 heterocycles. The van der Waals surface area contributed by atoms with E-state index in [1.54, 1.807) is 0 Å². The molecule has 0 radical (unpaired) electrons. The highest BCUT2D eigenvalue weighted by molar-refractivity contribution is 9.10. The van der Waals surface area contributed by atoms with Gasteiger partial charge in [-0.15, -0.1) is 0 Å². The van der Waals surface area contributed by atoms with Crippen molar-refractivity contribution in [2.75, 3.05) is 13.6 Å². The molecule has 0 saturated heterocycles. The molecule has 0 aliphatic rings. The quantitative estimate of drug-likeness (QED) is 0.837. The molecule has 100 valence electrons. The van der Waals surface area contributed by atoms with Gasteiger partial charge in [-0.1, -0.05) is 63.9 Å². The monoisotopic (exact) mass is 337 g/mol. The van der Waals surface area contributed by atoms with E-state index < -0.39 is 0 Å². The van der Waals surface area contributed by atoms with E-state index in [1.165, 1.54) is 11.1 Å². The smallest absolute Gasteiger partial charge is 0.0438 e. The first-order chi connectivity index (χ1) is 9.22. The highest BCUT2D eigenvalue weighted by Crippen LogP contribution is 2.29. The van der Waals surface area contributed by atoms with Crippen molar-refractivity contribution in [3.05, 3.63) is 69.2 Å². The highest BCUT2D eigenvalue weighted by atomic mass is 79.9. The minimum Gasteiger partial charge on any atom is -0.319 e. The summed E-state index contributed by atoms with van der Waals surface area (Å²) in [5, 5.41) is 4.11. The molecule has 1 nitrogen and oxygen atoms in total. The van der Waals surface area contributed by atoms with Gasteiger partial charge < -0.3 is 5.32 Å². The Hall–Kier alpha value is -0.830. The molecule has 2 aromatic rings. The summed E-state index contributed by atoms with van der Waals surface area (Å²) in [4.78, 5) is 0. The van der Waals surface area contributed by atoms with Crippen molar-refractivity contribution in [2.24, 2.45) is 0 Å². The van der Waals surface area contributed by atoms with E-state index in [-0.39, 0.29) is 0 Å². The molecule has 1 unspecified atom stereocenters. The fourth-order valence-electron chi connectivity index (χ4n) is 2.27. The van der Waals surface area contributed by atoms with Gasteiger partial charge in [-0.2, -0.15) is 0 Å². The van der Waals surface area contributed by atoms with Gasteiger partial charge in [-0.05, 0) is 36.7 Å². The molecular weight excluding hydrogens is 322 g/mol. The van der Waals surface area contributed by atoms with Crippen LogP contribution in [-0.4, -0.2) is 13.6 Å². The molecule has 0 aliphatic carbocycles. The molecule has 0 aliphatic heterocycles. The van der Waals surface area contributed by atoms with E-state index in [0.717, 1.165) is 22.5 Å². The molecule has 3 heteroatoms. The van der Waals surface area contributed by atoms with E-state index >= 15 is 0 Å². The second-order valence-corrected chi connectivity index (χ2v) is 5.83. The van der Waals surface area contributed by atoms with Crippen molar-refractivity contribution in [1.82, 2.24) is 5.32 Å². The first kappa shape index (κ1) is 14.6. The number of hydrogen-bond acceptors (Lipinski definition) is 1. The Kier molecular flexibility index (Phi) is 5.44. The average molecular weight is 339 g/mol. The Morgan fingerprint density at radius 3 is 2.47 bits per heavy atom. The van der Waals surface area contributed by atoms with Crippen molar-refractivity contribution >= 4 is 27.5 Å². The molecule has 0 spiro atoms. The van der Waals surface area contributed by atoms with Crippen LogP contribution in [0.2, 0.25) is 5.02 Å². The maximum atomic E-state index is 6.26. The second kappa shape index (κ2) is 7.09. The molecule has 0 bridgehead atoms. The predicted octanol–water partition coefficient (Wildman–Crippen LogP) is 4.65. The third kappa shape index (κ3) is 3.82. The van der Waals surface area contributed by atoms with Gasteiger partial charge in [0.15, 0.2) is 0 Å². The lowest BCUT2D eigenvalue weighted by Gasteiger charge is -2.19. The lowest BCUT2D eigenvalue weighted by Crippen LogP contribution is -2.19. The van der Waals surface area contributed by atoms with E-state index in [2.05, 4.69) is 45.5 Å². The Morgan fingerprint density at radius 2 is 1.79 bits per heavy atom. The van der Waals surface area contributed by atoms with Crippen LogP contribution in [0.1, 0.15) is 17.0 Å². The lowest BCUT2D eigenvalue weighted by atomic mass is 9.92. The molecule has 1 atom stereocenters. The molecule has 19 heavy (non-hydrogen) atoms. The third-order valence-corrected chi connectivity index (χ3v) is 4.31. The summed E-state index contributed by atoms with van der Waals surface area (Å²) in [7, 11) is 1.98. The predicted molar refractivity (Wildman–Crippen MR) is 86.0 cm³/mol. The van der Waals surface area contributed by atoms with Gasteiger partial charge >= 0.3 is 0 Å². The summed E-state index contributed by atoms with van der Waals surface area (Å²) in [5.41, 5.74) is 2.51. The van der Waals surface area contributed by atoms with Gasteiger partial charge in [-0.3, -0.25) is 0 Å². The van der Waals surface area contributed by atoms with Gasteiger partial charge in [0, 0.05) is 22.0 Å². The van der Waals surface area contributed by atoms with Crippen molar-refractivity contribution in [3.63, 3.8) is 0 Å². The topological polar surface area (TPSA) is 12.0 Å². The highest BCUT2D eigenvalue weighted by Gasteiger charge is 2.15. The normalized spacial score (nSPS) is 12.4. The summed E-state index contributed by atoms with van der Waals surface area (Å²) in [6.45, 7) is 0.924. The van der Waals surface area contributed by atoms with Crippen LogP contribution >= 0.6 is 27.5 Å². The lowest BCUT2D eigenvalue weighted by molar-refractivity contribution is 0.624. The Labute approximate surface area is 128 Å². The Balaban J connectivity index is 2.27. The largest absolute Gasteiger partial charge is 0.319 e. The minimum absolute atomic E-state index is 0.403. The van der Waals surface area contributed by atoms with Crippen LogP contribution in [0.25, 0.3) is 0 Å². The van der Waals surface area contributed by atoms with Crippen LogP contribution in [0, 0.1) is 0 Å². The van der Waals surface area contributed by atoms with E-state index in [0.29, 0.717) is 5.92 Å². The summed E-state index contributed by atoms with van der Waals surface area (Å²) < 4.78 is 1.15. The van der Waals surface area contributed by atoms with Crippen LogP contribution in [0.15, 0.2) is 53.0 Å².